The predicted octanol–water partition coefficient (Wildman–Crippen LogP) is 2.83. The largest absolute Gasteiger partial charge is 0.497 e. The van der Waals surface area contributed by atoms with Gasteiger partial charge in [-0.25, -0.2) is 0 Å². The van der Waals surface area contributed by atoms with Gasteiger partial charge in [-0.05, 0) is 56.7 Å². The Kier molecular flexibility index (Phi) is 8.10. The molecule has 0 radical (unpaired) electrons. The van der Waals surface area contributed by atoms with Crippen LogP contribution in [0.5, 0.6) is 5.75 Å². The van der Waals surface area contributed by atoms with E-state index in [4.69, 9.17) is 14.3 Å². The number of likely N-dealkylation sites (tertiary alicyclic amines) is 1. The van der Waals surface area contributed by atoms with Crippen LogP contribution in [-0.4, -0.2) is 68.3 Å². The van der Waals surface area contributed by atoms with Gasteiger partial charge in [0, 0.05) is 32.6 Å². The molecule has 3 rings (SSSR count). The summed E-state index contributed by atoms with van der Waals surface area (Å²) >= 11 is 0. The molecule has 0 spiro atoms. The normalized spacial score (nSPS) is 22.5. The zero-order valence-corrected chi connectivity index (χ0v) is 18.2. The molecule has 7 heteroatoms. The molecule has 1 aromatic rings. The Morgan fingerprint density at radius 1 is 1.20 bits per heavy atom. The van der Waals surface area contributed by atoms with Crippen molar-refractivity contribution in [3.05, 3.63) is 29.8 Å². The minimum atomic E-state index is -0.724. The van der Waals surface area contributed by atoms with Crippen molar-refractivity contribution in [2.24, 2.45) is 5.41 Å². The van der Waals surface area contributed by atoms with Crippen LogP contribution in [0.25, 0.3) is 0 Å². The Labute approximate surface area is 179 Å². The van der Waals surface area contributed by atoms with Crippen LogP contribution in [0.15, 0.2) is 24.3 Å². The molecule has 1 unspecified atom stereocenters. The van der Waals surface area contributed by atoms with Crippen molar-refractivity contribution < 1.29 is 23.9 Å². The fourth-order valence-electron chi connectivity index (χ4n) is 4.39. The van der Waals surface area contributed by atoms with Crippen LogP contribution in [0, 0.1) is 5.41 Å². The number of esters is 1. The molecular formula is C23H34N2O5. The summed E-state index contributed by atoms with van der Waals surface area (Å²) in [5.74, 6) is 0.615. The molecule has 1 aromatic carbocycles. The molecule has 7 nitrogen and oxygen atoms in total. The summed E-state index contributed by atoms with van der Waals surface area (Å²) in [6, 6.07) is 7.77. The van der Waals surface area contributed by atoms with Gasteiger partial charge in [0.15, 0.2) is 0 Å². The van der Waals surface area contributed by atoms with E-state index < -0.39 is 5.41 Å². The fourth-order valence-corrected chi connectivity index (χ4v) is 4.39. The molecule has 2 saturated heterocycles. The highest BCUT2D eigenvalue weighted by molar-refractivity contribution is 5.81. The molecule has 30 heavy (non-hydrogen) atoms. The smallest absolute Gasteiger partial charge is 0.314 e. The van der Waals surface area contributed by atoms with Crippen LogP contribution < -0.4 is 4.74 Å². The summed E-state index contributed by atoms with van der Waals surface area (Å²) in [7, 11) is 1.63. The lowest BCUT2D eigenvalue weighted by atomic mass is 9.75. The number of ether oxygens (including phenoxy) is 2. The van der Waals surface area contributed by atoms with Gasteiger partial charge >= 0.3 is 5.97 Å². The van der Waals surface area contributed by atoms with Gasteiger partial charge in [0.05, 0.1) is 25.7 Å². The molecule has 0 aliphatic carbocycles. The number of methoxy groups -OCH3 is 1. The summed E-state index contributed by atoms with van der Waals surface area (Å²) in [4.78, 5) is 33.4. The topological polar surface area (TPSA) is 68.3 Å². The highest BCUT2D eigenvalue weighted by Gasteiger charge is 2.44. The van der Waals surface area contributed by atoms with Gasteiger partial charge in [0.1, 0.15) is 5.75 Å². The Balaban J connectivity index is 1.70. The minimum Gasteiger partial charge on any atom is -0.497 e. The van der Waals surface area contributed by atoms with Gasteiger partial charge in [-0.2, -0.15) is 5.06 Å². The number of hydrogen-bond donors (Lipinski definition) is 0. The highest BCUT2D eigenvalue weighted by Crippen LogP contribution is 2.36. The fraction of sp³-hybridized carbons (Fsp3) is 0.652. The van der Waals surface area contributed by atoms with Crippen LogP contribution in [0.1, 0.15) is 44.6 Å². The zero-order valence-electron chi connectivity index (χ0n) is 18.2. The maximum atomic E-state index is 13.0. The van der Waals surface area contributed by atoms with Crippen LogP contribution in [-0.2, 0) is 25.6 Å². The van der Waals surface area contributed by atoms with Crippen LogP contribution in [0.3, 0.4) is 0 Å². The molecule has 1 atom stereocenters. The van der Waals surface area contributed by atoms with Gasteiger partial charge in [-0.15, -0.1) is 0 Å². The first-order chi connectivity index (χ1) is 14.6. The van der Waals surface area contributed by atoms with Crippen molar-refractivity contribution in [3.63, 3.8) is 0 Å². The van der Waals surface area contributed by atoms with E-state index in [1.807, 2.05) is 41.2 Å². The quantitative estimate of drug-likeness (QED) is 0.605. The predicted molar refractivity (Wildman–Crippen MR) is 113 cm³/mol. The van der Waals surface area contributed by atoms with Gasteiger partial charge in [-0.1, -0.05) is 12.1 Å². The monoisotopic (exact) mass is 418 g/mol. The van der Waals surface area contributed by atoms with Crippen molar-refractivity contribution in [2.75, 3.05) is 46.5 Å². The van der Waals surface area contributed by atoms with Gasteiger partial charge in [-0.3, -0.25) is 14.4 Å². The number of hydrogen-bond acceptors (Lipinski definition) is 6. The van der Waals surface area contributed by atoms with Gasteiger partial charge in [0.25, 0.3) is 0 Å². The summed E-state index contributed by atoms with van der Waals surface area (Å²) in [5.41, 5.74) is 0.288. The molecule has 0 N–H and O–H groups in total. The average Bonchev–Trinajstić information content (AvgIpc) is 2.78. The summed E-state index contributed by atoms with van der Waals surface area (Å²) in [6.07, 6.45) is 4.60. The van der Waals surface area contributed by atoms with Gasteiger partial charge in [0.2, 0.25) is 5.91 Å². The van der Waals surface area contributed by atoms with Crippen LogP contribution in [0.4, 0.5) is 0 Å². The Morgan fingerprint density at radius 3 is 2.80 bits per heavy atom. The third kappa shape index (κ3) is 5.73. The number of carbonyl (C=O) groups is 2. The SMILES string of the molecule is CCOC(=O)C1(Cc2cccc(OC)c2)CCCN(C(=O)CCN2CCCCO2)C1. The van der Waals surface area contributed by atoms with E-state index in [2.05, 4.69) is 0 Å². The Hall–Kier alpha value is -2.12. The molecule has 0 aromatic heterocycles. The number of carbonyl (C=O) groups excluding carboxylic acids is 2. The molecule has 1 amide bonds. The average molecular weight is 419 g/mol. The molecular weight excluding hydrogens is 384 g/mol. The molecule has 2 heterocycles. The van der Waals surface area contributed by atoms with E-state index in [0.29, 0.717) is 45.5 Å². The zero-order chi connectivity index (χ0) is 21.4. The third-order valence-electron chi connectivity index (χ3n) is 5.97. The van der Waals surface area contributed by atoms with Gasteiger partial charge < -0.3 is 14.4 Å². The maximum absolute atomic E-state index is 13.0. The summed E-state index contributed by atoms with van der Waals surface area (Å²) in [6.45, 7) is 5.42. The van der Waals surface area contributed by atoms with E-state index in [9.17, 15) is 9.59 Å². The molecule has 2 aliphatic rings. The molecule has 166 valence electrons. The third-order valence-corrected chi connectivity index (χ3v) is 5.97. The first-order valence-electron chi connectivity index (χ1n) is 11.0. The lowest BCUT2D eigenvalue weighted by Gasteiger charge is -2.41. The molecule has 2 aliphatic heterocycles. The highest BCUT2D eigenvalue weighted by atomic mass is 16.7. The van der Waals surface area contributed by atoms with Crippen molar-refractivity contribution in [2.45, 2.75) is 45.4 Å². The number of piperidine rings is 1. The second kappa shape index (κ2) is 10.8. The van der Waals surface area contributed by atoms with E-state index in [0.717, 1.165) is 43.7 Å². The number of nitrogens with zero attached hydrogens (tertiary/aromatic N) is 2. The first kappa shape index (κ1) is 22.6. The van der Waals surface area contributed by atoms with E-state index in [1.54, 1.807) is 7.11 Å². The van der Waals surface area contributed by atoms with E-state index in [-0.39, 0.29) is 11.9 Å². The summed E-state index contributed by atoms with van der Waals surface area (Å²) in [5, 5.41) is 1.89. The Morgan fingerprint density at radius 2 is 2.07 bits per heavy atom. The number of amides is 1. The molecule has 2 fully saturated rings. The second-order valence-electron chi connectivity index (χ2n) is 8.17. The lowest BCUT2D eigenvalue weighted by molar-refractivity contribution is -0.183. The maximum Gasteiger partial charge on any atom is 0.314 e. The van der Waals surface area contributed by atoms with Crippen molar-refractivity contribution in [1.29, 1.82) is 0 Å². The number of hydroxylamine groups is 2. The Bertz CT molecular complexity index is 719. The molecule has 0 saturated carbocycles. The van der Waals surface area contributed by atoms with Crippen molar-refractivity contribution in [1.82, 2.24) is 9.96 Å². The van der Waals surface area contributed by atoms with E-state index >= 15 is 0 Å². The first-order valence-corrected chi connectivity index (χ1v) is 11.0. The van der Waals surface area contributed by atoms with Crippen LogP contribution >= 0.6 is 0 Å². The number of benzene rings is 1. The van der Waals surface area contributed by atoms with Crippen LogP contribution in [0.2, 0.25) is 0 Å². The van der Waals surface area contributed by atoms with Crippen molar-refractivity contribution in [3.8, 4) is 5.75 Å². The van der Waals surface area contributed by atoms with E-state index in [1.165, 1.54) is 0 Å². The summed E-state index contributed by atoms with van der Waals surface area (Å²) < 4.78 is 10.8. The standard InChI is InChI=1S/C23H34N2O5/c1-3-29-22(27)23(17-19-8-6-9-20(16-19)28-2)11-7-12-24(18-23)21(26)10-14-25-13-4-5-15-30-25/h6,8-9,16H,3-5,7,10-15,17-18H2,1-2H3. The number of rotatable bonds is 8. The lowest BCUT2D eigenvalue weighted by Crippen LogP contribution is -2.52. The minimum absolute atomic E-state index is 0.0724. The second-order valence-corrected chi connectivity index (χ2v) is 8.17. The molecule has 0 bridgehead atoms. The van der Waals surface area contributed by atoms with Crippen molar-refractivity contribution >= 4 is 11.9 Å².